The first-order valence-electron chi connectivity index (χ1n) is 6.88. The van der Waals surface area contributed by atoms with Crippen molar-refractivity contribution < 1.29 is 24.3 Å². The summed E-state index contributed by atoms with van der Waals surface area (Å²) < 4.78 is 0.352. The Bertz CT molecular complexity index is 309. The Labute approximate surface area is 115 Å². The lowest BCUT2D eigenvalue weighted by atomic mass is 9.89. The van der Waals surface area contributed by atoms with Gasteiger partial charge in [-0.25, -0.2) is 0 Å². The smallest absolute Gasteiger partial charge is 0.306 e. The maximum Gasteiger partial charge on any atom is 0.306 e. The first-order valence-corrected chi connectivity index (χ1v) is 6.88. The number of carboxylic acid groups (broad SMARTS) is 1. The molecular weight excluding hydrogens is 246 g/mol. The molecule has 0 bridgehead atoms. The van der Waals surface area contributed by atoms with Gasteiger partial charge in [-0.3, -0.25) is 9.59 Å². The summed E-state index contributed by atoms with van der Waals surface area (Å²) in [6.45, 7) is 2.20. The molecule has 0 radical (unpaired) electrons. The van der Waals surface area contributed by atoms with E-state index in [4.69, 9.17) is 5.11 Å². The van der Waals surface area contributed by atoms with E-state index >= 15 is 0 Å². The summed E-state index contributed by atoms with van der Waals surface area (Å²) in [7, 11) is 5.49. The molecule has 0 saturated heterocycles. The van der Waals surface area contributed by atoms with Crippen molar-refractivity contribution in [2.75, 3.05) is 27.7 Å². The minimum Gasteiger partial charge on any atom is -0.481 e. The second-order valence-electron chi connectivity index (χ2n) is 6.28. The number of carboxylic acids is 1. The fourth-order valence-electron chi connectivity index (χ4n) is 2.22. The summed E-state index contributed by atoms with van der Waals surface area (Å²) >= 11 is 0. The van der Waals surface area contributed by atoms with Crippen molar-refractivity contribution in [2.45, 2.75) is 51.0 Å². The van der Waals surface area contributed by atoms with Crippen LogP contribution in [0.15, 0.2) is 0 Å². The topological polar surface area (TPSA) is 74.6 Å². The van der Waals surface area contributed by atoms with Gasteiger partial charge in [-0.2, -0.15) is 0 Å². The lowest BCUT2D eigenvalue weighted by molar-refractivity contribution is -0.875. The van der Waals surface area contributed by atoms with Crippen molar-refractivity contribution in [3.8, 4) is 0 Å². The molecule has 5 heteroatoms. The molecule has 0 rings (SSSR count). The number of carbonyl (C=O) groups is 2. The van der Waals surface area contributed by atoms with E-state index in [2.05, 4.69) is 6.92 Å². The molecule has 0 aromatic heterocycles. The van der Waals surface area contributed by atoms with Crippen LogP contribution in [0, 0.1) is 0 Å². The predicted molar refractivity (Wildman–Crippen MR) is 73.9 cm³/mol. The van der Waals surface area contributed by atoms with Gasteiger partial charge in [-0.05, 0) is 6.42 Å². The Morgan fingerprint density at radius 1 is 1.11 bits per heavy atom. The summed E-state index contributed by atoms with van der Waals surface area (Å²) in [5.74, 6) is -1.49. The number of aliphatic hydroxyl groups is 1. The number of unbranched alkanes of at least 4 members (excludes halogenated alkanes) is 3. The van der Waals surface area contributed by atoms with Crippen molar-refractivity contribution in [3.63, 3.8) is 0 Å². The van der Waals surface area contributed by atoms with Gasteiger partial charge in [0, 0.05) is 6.42 Å². The number of Topliss-reactive ketones (excluding diaryl/α,β-unsaturated/α-hetero) is 1. The molecule has 0 aromatic carbocycles. The third-order valence-corrected chi connectivity index (χ3v) is 2.96. The number of aliphatic carboxylic acids is 1. The van der Waals surface area contributed by atoms with Crippen molar-refractivity contribution >= 4 is 11.8 Å². The standard InChI is InChI=1S/C14H27NO4/c1-5-6-7-8-9-12(16)14(19,10-13(17)18)11-15(2,3)4/h19H,5-11H2,1-4H3/p+1/t14-/m1/s1. The molecular formula is C14H28NO4+. The lowest BCUT2D eigenvalue weighted by Gasteiger charge is -2.33. The summed E-state index contributed by atoms with van der Waals surface area (Å²) in [6, 6.07) is 0. The van der Waals surface area contributed by atoms with Crippen molar-refractivity contribution in [3.05, 3.63) is 0 Å². The number of ketones is 1. The van der Waals surface area contributed by atoms with Crippen LogP contribution < -0.4 is 0 Å². The molecule has 0 saturated carbocycles. The number of likely N-dealkylation sites (N-methyl/N-ethyl adjacent to an activating group) is 1. The van der Waals surface area contributed by atoms with Gasteiger partial charge in [-0.1, -0.05) is 26.2 Å². The van der Waals surface area contributed by atoms with Crippen LogP contribution in [0.5, 0.6) is 0 Å². The van der Waals surface area contributed by atoms with E-state index < -0.39 is 18.0 Å². The monoisotopic (exact) mass is 274 g/mol. The van der Waals surface area contributed by atoms with Crippen LogP contribution in [0.3, 0.4) is 0 Å². The SMILES string of the molecule is CCCCCCC(=O)[C@@](O)(CC(=O)O)C[N+](C)(C)C. The van der Waals surface area contributed by atoms with E-state index in [1.54, 1.807) is 0 Å². The molecule has 0 aliphatic rings. The molecule has 0 amide bonds. The molecule has 0 fully saturated rings. The van der Waals surface area contributed by atoms with E-state index in [0.29, 0.717) is 10.9 Å². The normalized spacial score (nSPS) is 15.0. The predicted octanol–water partition coefficient (Wildman–Crippen LogP) is 1.44. The number of carbonyl (C=O) groups excluding carboxylic acids is 1. The van der Waals surface area contributed by atoms with Gasteiger partial charge in [0.25, 0.3) is 0 Å². The molecule has 1 atom stereocenters. The zero-order chi connectivity index (χ0) is 15.1. The van der Waals surface area contributed by atoms with Gasteiger partial charge < -0.3 is 14.7 Å². The maximum absolute atomic E-state index is 12.1. The van der Waals surface area contributed by atoms with Gasteiger partial charge in [-0.15, -0.1) is 0 Å². The molecule has 112 valence electrons. The fourth-order valence-corrected chi connectivity index (χ4v) is 2.22. The van der Waals surface area contributed by atoms with Gasteiger partial charge in [0.15, 0.2) is 11.4 Å². The molecule has 2 N–H and O–H groups in total. The molecule has 19 heavy (non-hydrogen) atoms. The number of rotatable bonds is 10. The Morgan fingerprint density at radius 3 is 2.11 bits per heavy atom. The maximum atomic E-state index is 12.1. The Kier molecular flexibility index (Phi) is 7.23. The van der Waals surface area contributed by atoms with Crippen molar-refractivity contribution in [2.24, 2.45) is 0 Å². The van der Waals surface area contributed by atoms with Gasteiger partial charge >= 0.3 is 5.97 Å². The van der Waals surface area contributed by atoms with Crippen LogP contribution >= 0.6 is 0 Å². The average molecular weight is 274 g/mol. The summed E-state index contributed by atoms with van der Waals surface area (Å²) in [5, 5.41) is 19.3. The number of hydrogen-bond acceptors (Lipinski definition) is 3. The second kappa shape index (κ2) is 7.60. The van der Waals surface area contributed by atoms with Gasteiger partial charge in [0.2, 0.25) is 0 Å². The van der Waals surface area contributed by atoms with Crippen molar-refractivity contribution in [1.29, 1.82) is 0 Å². The summed E-state index contributed by atoms with van der Waals surface area (Å²) in [4.78, 5) is 23.0. The second-order valence-corrected chi connectivity index (χ2v) is 6.28. The lowest BCUT2D eigenvalue weighted by Crippen LogP contribution is -2.54. The Balaban J connectivity index is 4.64. The molecule has 0 aliphatic carbocycles. The van der Waals surface area contributed by atoms with Gasteiger partial charge in [0.1, 0.15) is 6.54 Å². The van der Waals surface area contributed by atoms with Crippen LogP contribution in [0.2, 0.25) is 0 Å². The quantitative estimate of drug-likeness (QED) is 0.467. The molecule has 0 heterocycles. The highest BCUT2D eigenvalue weighted by atomic mass is 16.4. The van der Waals surface area contributed by atoms with Crippen molar-refractivity contribution in [1.82, 2.24) is 0 Å². The first kappa shape index (κ1) is 18.1. The van der Waals surface area contributed by atoms with E-state index in [1.165, 1.54) is 0 Å². The average Bonchev–Trinajstić information content (AvgIpc) is 2.20. The van der Waals surface area contributed by atoms with E-state index in [-0.39, 0.29) is 18.7 Å². The third-order valence-electron chi connectivity index (χ3n) is 2.96. The molecule has 5 nitrogen and oxygen atoms in total. The molecule has 0 aromatic rings. The highest BCUT2D eigenvalue weighted by Crippen LogP contribution is 2.19. The van der Waals surface area contributed by atoms with Crippen LogP contribution in [0.25, 0.3) is 0 Å². The Morgan fingerprint density at radius 2 is 1.68 bits per heavy atom. The molecule has 0 aliphatic heterocycles. The largest absolute Gasteiger partial charge is 0.481 e. The number of hydrogen-bond donors (Lipinski definition) is 2. The zero-order valence-electron chi connectivity index (χ0n) is 12.6. The summed E-state index contributed by atoms with van der Waals surface area (Å²) in [5.41, 5.74) is -1.75. The van der Waals surface area contributed by atoms with Crippen LogP contribution in [0.4, 0.5) is 0 Å². The third kappa shape index (κ3) is 7.95. The Hall–Kier alpha value is -0.940. The highest BCUT2D eigenvalue weighted by Gasteiger charge is 2.42. The van der Waals surface area contributed by atoms with Gasteiger partial charge in [0.05, 0.1) is 27.6 Å². The van der Waals surface area contributed by atoms with E-state index in [0.717, 1.165) is 19.3 Å². The van der Waals surface area contributed by atoms with Crippen LogP contribution in [-0.4, -0.2) is 59.7 Å². The van der Waals surface area contributed by atoms with Crippen LogP contribution in [0.1, 0.15) is 45.4 Å². The minimum atomic E-state index is -1.75. The first-order chi connectivity index (χ1) is 8.60. The fraction of sp³-hybridized carbons (Fsp3) is 0.857. The van der Waals surface area contributed by atoms with E-state index in [9.17, 15) is 14.7 Å². The number of quaternary nitrogens is 1. The van der Waals surface area contributed by atoms with E-state index in [1.807, 2.05) is 21.1 Å². The minimum absolute atomic E-state index is 0.117. The van der Waals surface area contributed by atoms with Crippen LogP contribution in [-0.2, 0) is 9.59 Å². The zero-order valence-corrected chi connectivity index (χ0v) is 12.6. The summed E-state index contributed by atoms with van der Waals surface area (Å²) in [6.07, 6.45) is 3.52. The number of nitrogens with zero attached hydrogens (tertiary/aromatic N) is 1. The molecule has 0 unspecified atom stereocenters. The molecule has 0 spiro atoms. The highest BCUT2D eigenvalue weighted by molar-refractivity contribution is 5.90.